The van der Waals surface area contributed by atoms with Crippen molar-refractivity contribution in [2.45, 2.75) is 44.5 Å². The highest BCUT2D eigenvalue weighted by atomic mass is 19.3. The van der Waals surface area contributed by atoms with Gasteiger partial charge < -0.3 is 24.3 Å². The van der Waals surface area contributed by atoms with E-state index in [-0.39, 0.29) is 12.2 Å². The zero-order chi connectivity index (χ0) is 21.8. The number of esters is 1. The second kappa shape index (κ2) is 8.79. The summed E-state index contributed by atoms with van der Waals surface area (Å²) in [5.41, 5.74) is 1.05. The summed E-state index contributed by atoms with van der Waals surface area (Å²) in [7, 11) is 0. The molecular weight excluding hydrogens is 412 g/mol. The molecule has 1 spiro atoms. The standard InChI is InChI=1S/C22H21F2NO6/c23-21(24)29-16-6-3-14(4-7-16)11-20(27)28-13-19(26)25-15-5-8-17-18(12-15)31-22(30-17)9-1-2-10-22/h3-8,12,21H,1-2,9-11,13H2,(H,25,26). The second-order valence-corrected chi connectivity index (χ2v) is 7.39. The summed E-state index contributed by atoms with van der Waals surface area (Å²) in [5, 5.41) is 2.66. The Morgan fingerprint density at radius 2 is 1.74 bits per heavy atom. The van der Waals surface area contributed by atoms with Crippen molar-refractivity contribution in [3.8, 4) is 17.2 Å². The van der Waals surface area contributed by atoms with Crippen LogP contribution in [-0.4, -0.2) is 30.9 Å². The number of carbonyl (C=O) groups is 2. The molecule has 164 valence electrons. The van der Waals surface area contributed by atoms with Crippen molar-refractivity contribution in [3.63, 3.8) is 0 Å². The quantitative estimate of drug-likeness (QED) is 0.664. The van der Waals surface area contributed by atoms with E-state index in [2.05, 4.69) is 10.1 Å². The van der Waals surface area contributed by atoms with Gasteiger partial charge in [-0.3, -0.25) is 9.59 Å². The lowest BCUT2D eigenvalue weighted by molar-refractivity contribution is -0.146. The smallest absolute Gasteiger partial charge is 0.387 e. The minimum Gasteiger partial charge on any atom is -0.455 e. The number of hydrogen-bond acceptors (Lipinski definition) is 6. The SMILES string of the molecule is O=C(COC(=O)Cc1ccc(OC(F)F)cc1)Nc1ccc2c(c1)OC1(CCCC1)O2. The fraction of sp³-hybridized carbons (Fsp3) is 0.364. The molecule has 1 aliphatic carbocycles. The second-order valence-electron chi connectivity index (χ2n) is 7.39. The van der Waals surface area contributed by atoms with Gasteiger partial charge >= 0.3 is 12.6 Å². The van der Waals surface area contributed by atoms with Crippen LogP contribution < -0.4 is 19.5 Å². The van der Waals surface area contributed by atoms with E-state index in [0.717, 1.165) is 25.7 Å². The van der Waals surface area contributed by atoms with Crippen molar-refractivity contribution < 1.29 is 37.3 Å². The molecule has 1 fully saturated rings. The summed E-state index contributed by atoms with van der Waals surface area (Å²) < 4.78 is 45.4. The van der Waals surface area contributed by atoms with Crippen molar-refractivity contribution in [1.82, 2.24) is 0 Å². The summed E-state index contributed by atoms with van der Waals surface area (Å²) in [5.74, 6) is -0.471. The molecule has 0 bridgehead atoms. The number of hydrogen-bond donors (Lipinski definition) is 1. The van der Waals surface area contributed by atoms with Gasteiger partial charge in [-0.2, -0.15) is 8.78 Å². The Labute approximate surface area is 177 Å². The number of anilines is 1. The van der Waals surface area contributed by atoms with Crippen LogP contribution in [0.2, 0.25) is 0 Å². The number of fused-ring (bicyclic) bond motifs is 1. The minimum absolute atomic E-state index is 0.00549. The molecule has 2 aliphatic rings. The Morgan fingerprint density at radius 3 is 2.45 bits per heavy atom. The Balaban J connectivity index is 1.24. The first kappa shape index (κ1) is 20.9. The number of nitrogens with one attached hydrogen (secondary N) is 1. The molecule has 31 heavy (non-hydrogen) atoms. The molecule has 1 heterocycles. The zero-order valence-corrected chi connectivity index (χ0v) is 16.6. The van der Waals surface area contributed by atoms with Gasteiger partial charge in [0.25, 0.3) is 11.7 Å². The normalized spacial score (nSPS) is 15.8. The Hall–Kier alpha value is -3.36. The van der Waals surface area contributed by atoms with Crippen molar-refractivity contribution in [2.24, 2.45) is 0 Å². The predicted molar refractivity (Wildman–Crippen MR) is 105 cm³/mol. The third-order valence-electron chi connectivity index (χ3n) is 5.05. The van der Waals surface area contributed by atoms with Gasteiger partial charge in [0.2, 0.25) is 0 Å². The van der Waals surface area contributed by atoms with Crippen molar-refractivity contribution >= 4 is 17.6 Å². The summed E-state index contributed by atoms with van der Waals surface area (Å²) in [6.07, 6.45) is 3.67. The molecule has 0 atom stereocenters. The summed E-state index contributed by atoms with van der Waals surface area (Å²) >= 11 is 0. The number of carbonyl (C=O) groups excluding carboxylic acids is 2. The summed E-state index contributed by atoms with van der Waals surface area (Å²) in [4.78, 5) is 24.1. The fourth-order valence-electron chi connectivity index (χ4n) is 3.64. The zero-order valence-electron chi connectivity index (χ0n) is 16.6. The van der Waals surface area contributed by atoms with Crippen LogP contribution in [0.5, 0.6) is 17.2 Å². The fourth-order valence-corrected chi connectivity index (χ4v) is 3.64. The number of rotatable bonds is 7. The monoisotopic (exact) mass is 433 g/mol. The molecule has 1 amide bonds. The van der Waals surface area contributed by atoms with E-state index in [1.165, 1.54) is 24.3 Å². The topological polar surface area (TPSA) is 83.1 Å². The number of halogens is 2. The van der Waals surface area contributed by atoms with Crippen molar-refractivity contribution in [2.75, 3.05) is 11.9 Å². The minimum atomic E-state index is -2.91. The Kier molecular flexibility index (Phi) is 5.92. The van der Waals surface area contributed by atoms with E-state index >= 15 is 0 Å². The lowest BCUT2D eigenvalue weighted by Gasteiger charge is -2.21. The molecule has 9 heteroatoms. The van der Waals surface area contributed by atoms with E-state index in [9.17, 15) is 18.4 Å². The van der Waals surface area contributed by atoms with Crippen LogP contribution in [-0.2, 0) is 20.7 Å². The van der Waals surface area contributed by atoms with Gasteiger partial charge in [-0.25, -0.2) is 0 Å². The number of amides is 1. The lowest BCUT2D eigenvalue weighted by Crippen LogP contribution is -2.34. The first-order chi connectivity index (χ1) is 14.9. The molecular formula is C22H21F2NO6. The molecule has 2 aromatic rings. The molecule has 0 radical (unpaired) electrons. The third-order valence-corrected chi connectivity index (χ3v) is 5.05. The van der Waals surface area contributed by atoms with Crippen molar-refractivity contribution in [3.05, 3.63) is 48.0 Å². The van der Waals surface area contributed by atoms with Gasteiger partial charge in [0, 0.05) is 24.6 Å². The van der Waals surface area contributed by atoms with Gasteiger partial charge in [0.15, 0.2) is 18.1 Å². The van der Waals surface area contributed by atoms with E-state index in [0.29, 0.717) is 22.7 Å². The van der Waals surface area contributed by atoms with Crippen LogP contribution >= 0.6 is 0 Å². The molecule has 1 N–H and O–H groups in total. The number of ether oxygens (including phenoxy) is 4. The average Bonchev–Trinajstić information content (AvgIpc) is 3.33. The van der Waals surface area contributed by atoms with Crippen LogP contribution in [0.15, 0.2) is 42.5 Å². The van der Waals surface area contributed by atoms with Crippen LogP contribution in [0.25, 0.3) is 0 Å². The molecule has 4 rings (SSSR count). The predicted octanol–water partition coefficient (Wildman–Crippen LogP) is 4.05. The molecule has 0 saturated heterocycles. The van der Waals surface area contributed by atoms with Gasteiger partial charge in [0.1, 0.15) is 5.75 Å². The molecule has 2 aromatic carbocycles. The van der Waals surface area contributed by atoms with Gasteiger partial charge in [-0.15, -0.1) is 0 Å². The average molecular weight is 433 g/mol. The maximum absolute atomic E-state index is 12.2. The molecule has 0 aromatic heterocycles. The third kappa shape index (κ3) is 5.22. The maximum Gasteiger partial charge on any atom is 0.387 e. The number of alkyl halides is 2. The highest BCUT2D eigenvalue weighted by molar-refractivity contribution is 5.93. The number of benzene rings is 2. The van der Waals surface area contributed by atoms with Gasteiger partial charge in [0.05, 0.1) is 6.42 Å². The highest BCUT2D eigenvalue weighted by Crippen LogP contribution is 2.47. The molecule has 1 aliphatic heterocycles. The molecule has 1 saturated carbocycles. The molecule has 7 nitrogen and oxygen atoms in total. The first-order valence-corrected chi connectivity index (χ1v) is 9.92. The Bertz CT molecular complexity index is 957. The van der Waals surface area contributed by atoms with E-state index in [1.54, 1.807) is 18.2 Å². The van der Waals surface area contributed by atoms with Gasteiger partial charge in [-0.1, -0.05) is 12.1 Å². The van der Waals surface area contributed by atoms with Crippen LogP contribution in [0.4, 0.5) is 14.5 Å². The van der Waals surface area contributed by atoms with Crippen LogP contribution in [0, 0.1) is 0 Å². The first-order valence-electron chi connectivity index (χ1n) is 9.92. The lowest BCUT2D eigenvalue weighted by atomic mass is 10.1. The summed E-state index contributed by atoms with van der Waals surface area (Å²) in [6.45, 7) is -3.37. The largest absolute Gasteiger partial charge is 0.455 e. The summed E-state index contributed by atoms with van der Waals surface area (Å²) in [6, 6.07) is 10.7. The Morgan fingerprint density at radius 1 is 1.03 bits per heavy atom. The van der Waals surface area contributed by atoms with Gasteiger partial charge in [-0.05, 0) is 42.7 Å². The van der Waals surface area contributed by atoms with Crippen molar-refractivity contribution in [1.29, 1.82) is 0 Å². The molecule has 0 unspecified atom stereocenters. The maximum atomic E-state index is 12.2. The van der Waals surface area contributed by atoms with E-state index < -0.39 is 30.9 Å². The van der Waals surface area contributed by atoms with E-state index in [4.69, 9.17) is 14.2 Å². The van der Waals surface area contributed by atoms with Crippen LogP contribution in [0.1, 0.15) is 31.2 Å². The van der Waals surface area contributed by atoms with E-state index in [1.807, 2.05) is 0 Å². The van der Waals surface area contributed by atoms with Crippen LogP contribution in [0.3, 0.4) is 0 Å². The highest BCUT2D eigenvalue weighted by Gasteiger charge is 2.44.